The number of hydrogen-bond donors (Lipinski definition) is 1. The zero-order valence-electron chi connectivity index (χ0n) is 13.7. The topological polar surface area (TPSA) is 15.3 Å². The van der Waals surface area contributed by atoms with Crippen LogP contribution in [0.4, 0.5) is 0 Å². The molecule has 1 unspecified atom stereocenters. The Morgan fingerprint density at radius 2 is 1.95 bits per heavy atom. The second kappa shape index (κ2) is 8.53. The molecule has 0 aromatic rings. The highest BCUT2D eigenvalue weighted by Crippen LogP contribution is 2.31. The summed E-state index contributed by atoms with van der Waals surface area (Å²) in [5, 5.41) is 3.55. The number of nitrogens with one attached hydrogen (secondary N) is 1. The van der Waals surface area contributed by atoms with Crippen molar-refractivity contribution in [2.45, 2.75) is 64.7 Å². The van der Waals surface area contributed by atoms with Gasteiger partial charge in [0, 0.05) is 23.1 Å². The monoisotopic (exact) mass is 286 g/mol. The summed E-state index contributed by atoms with van der Waals surface area (Å²) in [5.74, 6) is 2.06. The quantitative estimate of drug-likeness (QED) is 0.720. The molecular formula is C16H34N2S. The molecule has 0 aliphatic carbocycles. The molecule has 1 fully saturated rings. The maximum atomic E-state index is 3.55. The average Bonchev–Trinajstić information content (AvgIpc) is 2.49. The van der Waals surface area contributed by atoms with Gasteiger partial charge < -0.3 is 5.32 Å². The van der Waals surface area contributed by atoms with Crippen molar-refractivity contribution in [1.29, 1.82) is 0 Å². The zero-order chi connectivity index (χ0) is 14.3. The Morgan fingerprint density at radius 1 is 1.21 bits per heavy atom. The summed E-state index contributed by atoms with van der Waals surface area (Å²) < 4.78 is 0.479. The highest BCUT2D eigenvalue weighted by Gasteiger charge is 2.25. The summed E-state index contributed by atoms with van der Waals surface area (Å²) in [4.78, 5) is 2.70. The summed E-state index contributed by atoms with van der Waals surface area (Å²) in [7, 11) is 0. The van der Waals surface area contributed by atoms with Crippen LogP contribution in [0.5, 0.6) is 0 Å². The molecule has 0 amide bonds. The molecule has 19 heavy (non-hydrogen) atoms. The summed E-state index contributed by atoms with van der Waals surface area (Å²) in [6, 6.07) is 0.746. The second-order valence-electron chi connectivity index (χ2n) is 6.98. The molecule has 2 nitrogen and oxygen atoms in total. The van der Waals surface area contributed by atoms with Gasteiger partial charge in [0.2, 0.25) is 0 Å². The third-order valence-corrected chi connectivity index (χ3v) is 5.40. The van der Waals surface area contributed by atoms with E-state index in [0.29, 0.717) is 4.75 Å². The SMILES string of the molecule is CC(C)CNCCCC(C)N1CCSC(C)(C)CC1. The summed E-state index contributed by atoms with van der Waals surface area (Å²) >= 11 is 2.14. The minimum atomic E-state index is 0.479. The van der Waals surface area contributed by atoms with E-state index in [2.05, 4.69) is 56.6 Å². The summed E-state index contributed by atoms with van der Waals surface area (Å²) in [5.41, 5.74) is 0. The van der Waals surface area contributed by atoms with Crippen molar-refractivity contribution >= 4 is 11.8 Å². The van der Waals surface area contributed by atoms with Gasteiger partial charge in [-0.3, -0.25) is 4.90 Å². The van der Waals surface area contributed by atoms with Crippen LogP contribution in [-0.4, -0.2) is 47.6 Å². The van der Waals surface area contributed by atoms with Crippen LogP contribution in [0, 0.1) is 5.92 Å². The van der Waals surface area contributed by atoms with Gasteiger partial charge in [0.25, 0.3) is 0 Å². The first-order valence-corrected chi connectivity index (χ1v) is 8.98. The Labute approximate surface area is 125 Å². The van der Waals surface area contributed by atoms with Crippen LogP contribution >= 0.6 is 11.8 Å². The van der Waals surface area contributed by atoms with E-state index in [4.69, 9.17) is 0 Å². The highest BCUT2D eigenvalue weighted by atomic mass is 32.2. The first-order valence-electron chi connectivity index (χ1n) is 7.99. The molecular weight excluding hydrogens is 252 g/mol. The van der Waals surface area contributed by atoms with Crippen LogP contribution in [0.15, 0.2) is 0 Å². The van der Waals surface area contributed by atoms with Crippen LogP contribution in [0.1, 0.15) is 53.9 Å². The molecule has 1 heterocycles. The fraction of sp³-hybridized carbons (Fsp3) is 1.00. The molecule has 0 aromatic carbocycles. The standard InChI is InChI=1S/C16H34N2S/c1-14(2)13-17-9-6-7-15(3)18-10-8-16(4,5)19-12-11-18/h14-15,17H,6-13H2,1-5H3. The fourth-order valence-electron chi connectivity index (χ4n) is 2.57. The smallest absolute Gasteiger partial charge is 0.0116 e. The zero-order valence-corrected chi connectivity index (χ0v) is 14.5. The minimum Gasteiger partial charge on any atom is -0.316 e. The molecule has 1 aliphatic rings. The first kappa shape index (κ1) is 17.3. The molecule has 0 spiro atoms. The van der Waals surface area contributed by atoms with E-state index in [9.17, 15) is 0 Å². The molecule has 1 aliphatic heterocycles. The Morgan fingerprint density at radius 3 is 2.63 bits per heavy atom. The Balaban J connectivity index is 2.16. The van der Waals surface area contributed by atoms with Crippen LogP contribution in [-0.2, 0) is 0 Å². The van der Waals surface area contributed by atoms with E-state index in [1.807, 2.05) is 0 Å². The number of nitrogens with zero attached hydrogens (tertiary/aromatic N) is 1. The van der Waals surface area contributed by atoms with Gasteiger partial charge in [0.05, 0.1) is 0 Å². The molecule has 0 aromatic heterocycles. The van der Waals surface area contributed by atoms with Gasteiger partial charge >= 0.3 is 0 Å². The van der Waals surface area contributed by atoms with E-state index >= 15 is 0 Å². The van der Waals surface area contributed by atoms with E-state index in [-0.39, 0.29) is 0 Å². The molecule has 3 heteroatoms. The average molecular weight is 287 g/mol. The number of hydrogen-bond acceptors (Lipinski definition) is 3. The van der Waals surface area contributed by atoms with E-state index in [1.165, 1.54) is 44.6 Å². The summed E-state index contributed by atoms with van der Waals surface area (Å²) in [6.07, 6.45) is 3.96. The Kier molecular flexibility index (Phi) is 7.78. The molecule has 1 rings (SSSR count). The molecule has 1 atom stereocenters. The van der Waals surface area contributed by atoms with Crippen LogP contribution in [0.2, 0.25) is 0 Å². The predicted octanol–water partition coefficient (Wildman–Crippen LogP) is 3.62. The first-order chi connectivity index (χ1) is 8.91. The van der Waals surface area contributed by atoms with Crippen molar-refractivity contribution in [2.24, 2.45) is 5.92 Å². The number of thioether (sulfide) groups is 1. The van der Waals surface area contributed by atoms with Crippen molar-refractivity contribution < 1.29 is 0 Å². The lowest BCUT2D eigenvalue weighted by molar-refractivity contribution is 0.205. The second-order valence-corrected chi connectivity index (χ2v) is 8.79. The Hall–Kier alpha value is 0.270. The molecule has 0 bridgehead atoms. The molecule has 1 N–H and O–H groups in total. The molecule has 0 radical (unpaired) electrons. The van der Waals surface area contributed by atoms with Crippen LogP contribution in [0.25, 0.3) is 0 Å². The maximum absolute atomic E-state index is 3.55. The van der Waals surface area contributed by atoms with Gasteiger partial charge in [0.15, 0.2) is 0 Å². The largest absolute Gasteiger partial charge is 0.316 e. The fourth-order valence-corrected chi connectivity index (χ4v) is 3.69. The van der Waals surface area contributed by atoms with Gasteiger partial charge in [-0.15, -0.1) is 0 Å². The molecule has 0 saturated carbocycles. The van der Waals surface area contributed by atoms with Gasteiger partial charge in [-0.2, -0.15) is 11.8 Å². The predicted molar refractivity (Wildman–Crippen MR) is 89.1 cm³/mol. The lowest BCUT2D eigenvalue weighted by Crippen LogP contribution is -2.36. The van der Waals surface area contributed by atoms with Crippen molar-refractivity contribution in [1.82, 2.24) is 10.2 Å². The van der Waals surface area contributed by atoms with Gasteiger partial charge in [-0.25, -0.2) is 0 Å². The van der Waals surface area contributed by atoms with Gasteiger partial charge in [-0.05, 0) is 51.7 Å². The lowest BCUT2D eigenvalue weighted by atomic mass is 10.1. The van der Waals surface area contributed by atoms with E-state index in [1.54, 1.807) is 0 Å². The van der Waals surface area contributed by atoms with Crippen molar-refractivity contribution in [3.8, 4) is 0 Å². The Bertz CT molecular complexity index is 241. The normalized spacial score (nSPS) is 22.4. The van der Waals surface area contributed by atoms with Crippen molar-refractivity contribution in [2.75, 3.05) is 31.9 Å². The minimum absolute atomic E-state index is 0.479. The summed E-state index contributed by atoms with van der Waals surface area (Å²) in [6.45, 7) is 16.6. The van der Waals surface area contributed by atoms with Gasteiger partial charge in [-0.1, -0.05) is 27.7 Å². The molecule has 1 saturated heterocycles. The van der Waals surface area contributed by atoms with Crippen LogP contribution in [0.3, 0.4) is 0 Å². The van der Waals surface area contributed by atoms with E-state index in [0.717, 1.165) is 18.5 Å². The number of rotatable bonds is 7. The van der Waals surface area contributed by atoms with Crippen molar-refractivity contribution in [3.05, 3.63) is 0 Å². The van der Waals surface area contributed by atoms with E-state index < -0.39 is 0 Å². The third-order valence-electron chi connectivity index (χ3n) is 4.02. The van der Waals surface area contributed by atoms with Crippen molar-refractivity contribution in [3.63, 3.8) is 0 Å². The maximum Gasteiger partial charge on any atom is 0.0116 e. The lowest BCUT2D eigenvalue weighted by Gasteiger charge is -2.28. The molecule has 114 valence electrons. The van der Waals surface area contributed by atoms with Gasteiger partial charge in [0.1, 0.15) is 0 Å². The third kappa shape index (κ3) is 7.57. The highest BCUT2D eigenvalue weighted by molar-refractivity contribution is 8.00. The van der Waals surface area contributed by atoms with Crippen LogP contribution < -0.4 is 5.32 Å².